The summed E-state index contributed by atoms with van der Waals surface area (Å²) >= 11 is 0. The third kappa shape index (κ3) is 4.00. The van der Waals surface area contributed by atoms with Crippen LogP contribution in [0.2, 0.25) is 0 Å². The Balaban J connectivity index is 1.57. The van der Waals surface area contributed by atoms with E-state index in [0.717, 1.165) is 10.8 Å². The van der Waals surface area contributed by atoms with Crippen LogP contribution >= 0.6 is 0 Å². The van der Waals surface area contributed by atoms with Gasteiger partial charge in [0.1, 0.15) is 23.4 Å². The Kier molecular flexibility index (Phi) is 5.31. The zero-order valence-electron chi connectivity index (χ0n) is 16.2. The van der Waals surface area contributed by atoms with Crippen LogP contribution in [0.3, 0.4) is 0 Å². The number of hydrogen-bond donors (Lipinski definition) is 0. The molecular weight excluding hydrogens is 375 g/mol. The van der Waals surface area contributed by atoms with Crippen molar-refractivity contribution in [3.8, 4) is 11.5 Å². The third-order valence-electron chi connectivity index (χ3n) is 4.99. The highest BCUT2D eigenvalue weighted by atomic mass is 19.1. The summed E-state index contributed by atoms with van der Waals surface area (Å²) in [6.07, 6.45) is 1.31. The van der Waals surface area contributed by atoms with Crippen molar-refractivity contribution in [3.05, 3.63) is 65.7 Å². The van der Waals surface area contributed by atoms with Crippen LogP contribution in [0.1, 0.15) is 22.2 Å². The predicted molar refractivity (Wildman–Crippen MR) is 106 cm³/mol. The molecule has 3 aromatic rings. The number of carbonyl (C=O) groups is 1. The molecule has 2 aromatic carbocycles. The van der Waals surface area contributed by atoms with Gasteiger partial charge in [0.2, 0.25) is 0 Å². The van der Waals surface area contributed by atoms with E-state index in [1.165, 1.54) is 12.1 Å². The van der Waals surface area contributed by atoms with Crippen molar-refractivity contribution < 1.29 is 23.4 Å². The Morgan fingerprint density at radius 2 is 1.86 bits per heavy atom. The van der Waals surface area contributed by atoms with E-state index in [9.17, 15) is 9.18 Å². The van der Waals surface area contributed by atoms with Gasteiger partial charge in [0, 0.05) is 29.8 Å². The van der Waals surface area contributed by atoms with Gasteiger partial charge >= 0.3 is 0 Å². The van der Waals surface area contributed by atoms with Crippen molar-refractivity contribution in [1.29, 1.82) is 0 Å². The van der Waals surface area contributed by atoms with Crippen LogP contribution in [0.25, 0.3) is 10.8 Å². The number of nitrogens with zero attached hydrogens (tertiary/aromatic N) is 2. The van der Waals surface area contributed by atoms with Gasteiger partial charge < -0.3 is 19.1 Å². The smallest absolute Gasteiger partial charge is 0.254 e. The first-order valence-electron chi connectivity index (χ1n) is 9.26. The van der Waals surface area contributed by atoms with Crippen molar-refractivity contribution >= 4 is 16.7 Å². The molecule has 1 aromatic heterocycles. The Morgan fingerprint density at radius 3 is 2.59 bits per heavy atom. The normalized spacial score (nSPS) is 16.7. The number of rotatable bonds is 4. The summed E-state index contributed by atoms with van der Waals surface area (Å²) in [7, 11) is 3.09. The second-order valence-corrected chi connectivity index (χ2v) is 6.81. The first kappa shape index (κ1) is 19.1. The minimum atomic E-state index is -0.382. The maximum atomic E-state index is 13.6. The van der Waals surface area contributed by atoms with Crippen LogP contribution in [-0.4, -0.2) is 49.7 Å². The van der Waals surface area contributed by atoms with Gasteiger partial charge in [0.15, 0.2) is 0 Å². The molecule has 150 valence electrons. The number of ether oxygens (including phenoxy) is 3. The summed E-state index contributed by atoms with van der Waals surface area (Å²) in [4.78, 5) is 19.2. The lowest BCUT2D eigenvalue weighted by Crippen LogP contribution is -2.42. The molecule has 0 unspecified atom stereocenters. The molecule has 1 amide bonds. The lowest BCUT2D eigenvalue weighted by Gasteiger charge is -2.33. The van der Waals surface area contributed by atoms with E-state index < -0.39 is 0 Å². The molecule has 1 fully saturated rings. The second-order valence-electron chi connectivity index (χ2n) is 6.81. The van der Waals surface area contributed by atoms with E-state index in [2.05, 4.69) is 4.98 Å². The molecule has 2 heterocycles. The minimum Gasteiger partial charge on any atom is -0.497 e. The highest BCUT2D eigenvalue weighted by molar-refractivity contribution is 5.95. The van der Waals surface area contributed by atoms with Gasteiger partial charge in [-0.1, -0.05) is 0 Å². The van der Waals surface area contributed by atoms with Gasteiger partial charge in [0.25, 0.3) is 5.91 Å². The Morgan fingerprint density at radius 1 is 1.10 bits per heavy atom. The fourth-order valence-corrected chi connectivity index (χ4v) is 3.43. The second kappa shape index (κ2) is 8.05. The first-order chi connectivity index (χ1) is 14.1. The molecule has 1 aliphatic heterocycles. The van der Waals surface area contributed by atoms with Crippen LogP contribution in [0.15, 0.2) is 48.7 Å². The molecule has 0 spiro atoms. The average Bonchev–Trinajstić information content (AvgIpc) is 2.77. The predicted octanol–water partition coefficient (Wildman–Crippen LogP) is 3.60. The summed E-state index contributed by atoms with van der Waals surface area (Å²) in [6, 6.07) is 11.5. The molecule has 0 radical (unpaired) electrons. The Bertz CT molecular complexity index is 1030. The number of halogens is 1. The van der Waals surface area contributed by atoms with E-state index in [1.54, 1.807) is 49.6 Å². The number of carbonyl (C=O) groups excluding carboxylic acids is 1. The highest BCUT2D eigenvalue weighted by Crippen LogP contribution is 2.27. The van der Waals surface area contributed by atoms with Gasteiger partial charge in [0.05, 0.1) is 33.1 Å². The number of methoxy groups -OCH3 is 2. The summed E-state index contributed by atoms with van der Waals surface area (Å²) in [5.41, 5.74) is 1.15. The molecule has 0 saturated carbocycles. The summed E-state index contributed by atoms with van der Waals surface area (Å²) in [5, 5.41) is 1.60. The molecule has 29 heavy (non-hydrogen) atoms. The van der Waals surface area contributed by atoms with Gasteiger partial charge in [-0.3, -0.25) is 9.78 Å². The standard InChI is InChI=1S/C22H21FN2O4/c1-27-18-8-16(9-19(11-18)28-2)22(26)25-5-6-29-21(13-25)20-10-15-7-17(23)4-3-14(15)12-24-20/h3-4,7-12,21H,5-6,13H2,1-2H3/t21-/m1/s1. The maximum Gasteiger partial charge on any atom is 0.254 e. The van der Waals surface area contributed by atoms with Crippen molar-refractivity contribution in [2.24, 2.45) is 0 Å². The van der Waals surface area contributed by atoms with Crippen molar-refractivity contribution in [3.63, 3.8) is 0 Å². The average molecular weight is 396 g/mol. The van der Waals surface area contributed by atoms with Gasteiger partial charge in [-0.25, -0.2) is 4.39 Å². The molecular formula is C22H21FN2O4. The quantitative estimate of drug-likeness (QED) is 0.674. The molecule has 0 N–H and O–H groups in total. The largest absolute Gasteiger partial charge is 0.497 e. The van der Waals surface area contributed by atoms with Crippen LogP contribution in [0.5, 0.6) is 11.5 Å². The van der Waals surface area contributed by atoms with Crippen molar-refractivity contribution in [1.82, 2.24) is 9.88 Å². The minimum absolute atomic E-state index is 0.137. The zero-order chi connectivity index (χ0) is 20.4. The van der Waals surface area contributed by atoms with Crippen LogP contribution in [-0.2, 0) is 4.74 Å². The summed E-state index contributed by atoms with van der Waals surface area (Å²) in [6.45, 7) is 1.21. The highest BCUT2D eigenvalue weighted by Gasteiger charge is 2.27. The monoisotopic (exact) mass is 396 g/mol. The number of fused-ring (bicyclic) bond motifs is 1. The lowest BCUT2D eigenvalue weighted by molar-refractivity contribution is -0.0246. The van der Waals surface area contributed by atoms with Crippen LogP contribution in [0.4, 0.5) is 4.39 Å². The molecule has 0 bridgehead atoms. The van der Waals surface area contributed by atoms with E-state index in [-0.39, 0.29) is 17.8 Å². The van der Waals surface area contributed by atoms with Crippen LogP contribution in [0, 0.1) is 5.82 Å². The lowest BCUT2D eigenvalue weighted by atomic mass is 10.1. The number of morpholine rings is 1. The number of benzene rings is 2. The first-order valence-corrected chi connectivity index (χ1v) is 9.26. The number of amides is 1. The molecule has 1 atom stereocenters. The molecule has 6 nitrogen and oxygen atoms in total. The number of hydrogen-bond acceptors (Lipinski definition) is 5. The summed E-state index contributed by atoms with van der Waals surface area (Å²) in [5.74, 6) is 0.664. The Labute approximate surface area is 167 Å². The van der Waals surface area contributed by atoms with E-state index in [1.807, 2.05) is 6.07 Å². The fraction of sp³-hybridized carbons (Fsp3) is 0.273. The Hall–Kier alpha value is -3.19. The molecule has 1 saturated heterocycles. The van der Waals surface area contributed by atoms with Crippen molar-refractivity contribution in [2.45, 2.75) is 6.10 Å². The third-order valence-corrected chi connectivity index (χ3v) is 4.99. The van der Waals surface area contributed by atoms with Gasteiger partial charge in [-0.2, -0.15) is 0 Å². The molecule has 1 aliphatic rings. The summed E-state index contributed by atoms with van der Waals surface area (Å²) < 4.78 is 29.9. The zero-order valence-corrected chi connectivity index (χ0v) is 16.2. The molecule has 4 rings (SSSR count). The SMILES string of the molecule is COc1cc(OC)cc(C(=O)N2CCO[C@@H](c3cc4cc(F)ccc4cn3)C2)c1. The van der Waals surface area contributed by atoms with E-state index in [0.29, 0.717) is 42.5 Å². The van der Waals surface area contributed by atoms with Gasteiger partial charge in [-0.05, 0) is 41.8 Å². The molecule has 0 aliphatic carbocycles. The van der Waals surface area contributed by atoms with E-state index >= 15 is 0 Å². The van der Waals surface area contributed by atoms with Crippen molar-refractivity contribution in [2.75, 3.05) is 33.9 Å². The van der Waals surface area contributed by atoms with E-state index in [4.69, 9.17) is 14.2 Å². The fourth-order valence-electron chi connectivity index (χ4n) is 3.43. The topological polar surface area (TPSA) is 60.9 Å². The number of aromatic nitrogens is 1. The molecule has 7 heteroatoms. The van der Waals surface area contributed by atoms with Crippen LogP contribution < -0.4 is 9.47 Å². The number of pyridine rings is 1. The van der Waals surface area contributed by atoms with Gasteiger partial charge in [-0.15, -0.1) is 0 Å². The maximum absolute atomic E-state index is 13.6.